The van der Waals surface area contributed by atoms with Crippen LogP contribution in [-0.4, -0.2) is 41.9 Å². The zero-order valence-corrected chi connectivity index (χ0v) is 17.1. The predicted octanol–water partition coefficient (Wildman–Crippen LogP) is 2.98. The molecule has 1 aromatic heterocycles. The van der Waals surface area contributed by atoms with E-state index >= 15 is 0 Å². The van der Waals surface area contributed by atoms with Gasteiger partial charge in [-0.25, -0.2) is 0 Å². The smallest absolute Gasteiger partial charge is 0.316 e. The van der Waals surface area contributed by atoms with E-state index in [2.05, 4.69) is 58.5 Å². The van der Waals surface area contributed by atoms with Crippen LogP contribution in [0.2, 0.25) is 0 Å². The molecule has 2 aromatic carbocycles. The van der Waals surface area contributed by atoms with Crippen LogP contribution in [-0.2, 0) is 19.5 Å². The summed E-state index contributed by atoms with van der Waals surface area (Å²) < 4.78 is 5.70. The first-order chi connectivity index (χ1) is 14.2. The zero-order chi connectivity index (χ0) is 20.2. The number of hydrogen-bond donors (Lipinski definition) is 2. The lowest BCUT2D eigenvalue weighted by atomic mass is 9.99. The summed E-state index contributed by atoms with van der Waals surface area (Å²) in [7, 11) is 1.93. The number of aryl methyl sites for hydroxylation is 1. The first-order valence-corrected chi connectivity index (χ1v) is 10.2. The van der Waals surface area contributed by atoms with Crippen LogP contribution < -0.4 is 15.0 Å². The molecule has 29 heavy (non-hydrogen) atoms. The number of nitrogens with zero attached hydrogens (tertiary/aromatic N) is 3. The van der Waals surface area contributed by atoms with Gasteiger partial charge in [0.05, 0.1) is 24.5 Å². The van der Waals surface area contributed by atoms with E-state index in [1.54, 1.807) is 0 Å². The normalized spacial score (nSPS) is 13.6. The predicted molar refractivity (Wildman–Crippen MR) is 115 cm³/mol. The van der Waals surface area contributed by atoms with Crippen molar-refractivity contribution in [3.63, 3.8) is 0 Å². The maximum absolute atomic E-state index is 9.01. The Morgan fingerprint density at radius 2 is 2.00 bits per heavy atom. The minimum atomic E-state index is 0.0997. The first kappa shape index (κ1) is 19.6. The lowest BCUT2D eigenvalue weighted by Crippen LogP contribution is -2.33. The second-order valence-corrected chi connectivity index (χ2v) is 7.46. The van der Waals surface area contributed by atoms with Gasteiger partial charge in [-0.05, 0) is 37.4 Å². The molecule has 2 heterocycles. The van der Waals surface area contributed by atoms with E-state index in [9.17, 15) is 0 Å². The zero-order valence-electron chi connectivity index (χ0n) is 17.1. The molecule has 0 spiro atoms. The van der Waals surface area contributed by atoms with Gasteiger partial charge in [0, 0.05) is 42.8 Å². The van der Waals surface area contributed by atoms with E-state index < -0.39 is 0 Å². The Morgan fingerprint density at radius 3 is 2.79 bits per heavy atom. The monoisotopic (exact) mass is 392 g/mol. The van der Waals surface area contributed by atoms with Crippen molar-refractivity contribution in [1.29, 1.82) is 0 Å². The van der Waals surface area contributed by atoms with Gasteiger partial charge in [0.15, 0.2) is 0 Å². The van der Waals surface area contributed by atoms with Gasteiger partial charge in [-0.15, -0.1) is 0 Å². The summed E-state index contributed by atoms with van der Waals surface area (Å²) in [5, 5.41) is 14.8. The second kappa shape index (κ2) is 8.76. The summed E-state index contributed by atoms with van der Waals surface area (Å²) in [5.41, 5.74) is 5.80. The van der Waals surface area contributed by atoms with Crippen LogP contribution in [0.3, 0.4) is 0 Å². The van der Waals surface area contributed by atoms with Crippen molar-refractivity contribution in [3.05, 3.63) is 58.9 Å². The third-order valence-electron chi connectivity index (χ3n) is 5.44. The third kappa shape index (κ3) is 4.04. The van der Waals surface area contributed by atoms with Gasteiger partial charge in [-0.1, -0.05) is 30.3 Å². The van der Waals surface area contributed by atoms with E-state index in [1.165, 1.54) is 27.6 Å². The Labute approximate surface area is 171 Å². The van der Waals surface area contributed by atoms with Crippen LogP contribution >= 0.6 is 0 Å². The minimum Gasteiger partial charge on any atom is -0.463 e. The van der Waals surface area contributed by atoms with Gasteiger partial charge in [0.1, 0.15) is 0 Å². The molecule has 0 saturated carbocycles. The Kier molecular flexibility index (Phi) is 5.92. The number of fused-ring (bicyclic) bond motifs is 2. The number of nitrogens with one attached hydrogen (secondary N) is 1. The highest BCUT2D eigenvalue weighted by atomic mass is 16.5. The number of benzene rings is 2. The Balaban J connectivity index is 1.69. The largest absolute Gasteiger partial charge is 0.463 e. The average Bonchev–Trinajstić information content (AvgIpc) is 2.73. The molecule has 0 fully saturated rings. The molecule has 0 atom stereocenters. The fourth-order valence-corrected chi connectivity index (χ4v) is 4.06. The van der Waals surface area contributed by atoms with Crippen molar-refractivity contribution in [2.45, 2.75) is 32.9 Å². The van der Waals surface area contributed by atoms with Crippen LogP contribution in [0.1, 0.15) is 28.9 Å². The molecule has 0 bridgehead atoms. The molecule has 3 aromatic rings. The number of hydrogen-bond acceptors (Lipinski definition) is 6. The van der Waals surface area contributed by atoms with Crippen molar-refractivity contribution >= 4 is 16.5 Å². The Hall–Kier alpha value is -2.70. The van der Waals surface area contributed by atoms with E-state index in [0.717, 1.165) is 30.9 Å². The Bertz CT molecular complexity index is 1000. The van der Waals surface area contributed by atoms with Crippen molar-refractivity contribution in [1.82, 2.24) is 15.3 Å². The van der Waals surface area contributed by atoms with Gasteiger partial charge < -0.3 is 20.1 Å². The van der Waals surface area contributed by atoms with Crippen LogP contribution in [0.5, 0.6) is 6.01 Å². The van der Waals surface area contributed by atoms with Crippen molar-refractivity contribution in [3.8, 4) is 6.01 Å². The number of aromatic nitrogens is 2. The molecular formula is C23H28N4O2. The maximum Gasteiger partial charge on any atom is 0.316 e. The quantitative estimate of drug-likeness (QED) is 0.603. The van der Waals surface area contributed by atoms with E-state index in [1.807, 2.05) is 7.05 Å². The maximum atomic E-state index is 9.01. The van der Waals surface area contributed by atoms with Crippen LogP contribution in [0, 0.1) is 6.92 Å². The van der Waals surface area contributed by atoms with Gasteiger partial charge in [-0.2, -0.15) is 9.97 Å². The average molecular weight is 393 g/mol. The van der Waals surface area contributed by atoms with Gasteiger partial charge in [0.25, 0.3) is 0 Å². The van der Waals surface area contributed by atoms with Crippen LogP contribution in [0.15, 0.2) is 36.4 Å². The standard InChI is InChI=1S/C23H28N4O2/c1-16-6-3-7-17-8-4-9-21(22(16)17)27-11-10-18-19(14-24-2)25-23(26-20(18)15-27)29-13-5-12-28/h3-4,6-9,24,28H,5,10-15H2,1-2H3. The topological polar surface area (TPSA) is 70.5 Å². The number of rotatable bonds is 7. The van der Waals surface area contributed by atoms with E-state index in [4.69, 9.17) is 14.8 Å². The van der Waals surface area contributed by atoms with Crippen molar-refractivity contribution in [2.24, 2.45) is 0 Å². The number of aliphatic hydroxyl groups excluding tert-OH is 1. The third-order valence-corrected chi connectivity index (χ3v) is 5.44. The minimum absolute atomic E-state index is 0.0997. The molecule has 0 radical (unpaired) electrons. The fourth-order valence-electron chi connectivity index (χ4n) is 4.06. The molecule has 1 aliphatic rings. The molecule has 0 aliphatic carbocycles. The highest BCUT2D eigenvalue weighted by Crippen LogP contribution is 2.33. The highest BCUT2D eigenvalue weighted by Gasteiger charge is 2.24. The fraction of sp³-hybridized carbons (Fsp3) is 0.391. The summed E-state index contributed by atoms with van der Waals surface area (Å²) in [5.74, 6) is 0. The van der Waals surface area contributed by atoms with Crippen LogP contribution in [0.25, 0.3) is 10.8 Å². The molecular weight excluding hydrogens is 364 g/mol. The summed E-state index contributed by atoms with van der Waals surface area (Å²) >= 11 is 0. The molecule has 6 nitrogen and oxygen atoms in total. The summed E-state index contributed by atoms with van der Waals surface area (Å²) in [6.45, 7) is 5.05. The number of ether oxygens (including phenoxy) is 1. The van der Waals surface area contributed by atoms with Crippen molar-refractivity contribution in [2.75, 3.05) is 31.7 Å². The second-order valence-electron chi connectivity index (χ2n) is 7.46. The Morgan fingerprint density at radius 1 is 1.17 bits per heavy atom. The molecule has 6 heteroatoms. The SMILES string of the molecule is CNCc1nc(OCCCO)nc2c1CCN(c1cccc3cccc(C)c13)C2. The van der Waals surface area contributed by atoms with Crippen molar-refractivity contribution < 1.29 is 9.84 Å². The first-order valence-electron chi connectivity index (χ1n) is 10.2. The van der Waals surface area contributed by atoms with Gasteiger partial charge >= 0.3 is 6.01 Å². The van der Waals surface area contributed by atoms with Gasteiger partial charge in [-0.3, -0.25) is 0 Å². The highest BCUT2D eigenvalue weighted by molar-refractivity contribution is 5.96. The summed E-state index contributed by atoms with van der Waals surface area (Å²) in [6.07, 6.45) is 1.48. The molecule has 0 amide bonds. The van der Waals surface area contributed by atoms with Gasteiger partial charge in [0.2, 0.25) is 0 Å². The van der Waals surface area contributed by atoms with E-state index in [0.29, 0.717) is 25.6 Å². The number of aliphatic hydroxyl groups is 1. The molecule has 0 saturated heterocycles. The molecule has 152 valence electrons. The molecule has 2 N–H and O–H groups in total. The summed E-state index contributed by atoms with van der Waals surface area (Å²) in [4.78, 5) is 11.7. The lowest BCUT2D eigenvalue weighted by Gasteiger charge is -2.32. The molecule has 4 rings (SSSR count). The van der Waals surface area contributed by atoms with Crippen LogP contribution in [0.4, 0.5) is 5.69 Å². The number of anilines is 1. The molecule has 1 aliphatic heterocycles. The molecule has 0 unspecified atom stereocenters. The summed E-state index contributed by atoms with van der Waals surface area (Å²) in [6, 6.07) is 13.4. The lowest BCUT2D eigenvalue weighted by molar-refractivity contribution is 0.223. The van der Waals surface area contributed by atoms with E-state index in [-0.39, 0.29) is 6.61 Å².